The first-order valence-corrected chi connectivity index (χ1v) is 4.53. The Balaban J connectivity index is 3.09. The lowest BCUT2D eigenvalue weighted by molar-refractivity contribution is -0.274. The molecule has 0 aliphatic heterocycles. The van der Waals surface area contributed by atoms with E-state index in [4.69, 9.17) is 11.5 Å². The van der Waals surface area contributed by atoms with E-state index in [2.05, 4.69) is 25.7 Å². The van der Waals surface area contributed by atoms with Gasteiger partial charge < -0.3 is 16.2 Å². The van der Waals surface area contributed by atoms with Gasteiger partial charge in [0.25, 0.3) is 0 Å². The molecule has 0 aromatic carbocycles. The molecule has 0 spiro atoms. The Morgan fingerprint density at radius 3 is 2.47 bits per heavy atom. The molecular formula is C7H7BrF3N3O. The average Bonchev–Trinajstić information content (AvgIpc) is 2.09. The summed E-state index contributed by atoms with van der Waals surface area (Å²) >= 11 is 2.82. The number of nitrogens with two attached hydrogens (primary N) is 2. The fraction of sp³-hybridized carbons (Fsp3) is 0.286. The molecule has 0 unspecified atom stereocenters. The van der Waals surface area contributed by atoms with Gasteiger partial charge in [0.05, 0.1) is 11.4 Å². The topological polar surface area (TPSA) is 74.2 Å². The fourth-order valence-corrected chi connectivity index (χ4v) is 1.43. The van der Waals surface area contributed by atoms with Gasteiger partial charge in [0.2, 0.25) is 0 Å². The highest BCUT2D eigenvalue weighted by Crippen LogP contribution is 2.34. The summed E-state index contributed by atoms with van der Waals surface area (Å²) in [4.78, 5) is 3.72. The van der Waals surface area contributed by atoms with Crippen LogP contribution in [0.2, 0.25) is 0 Å². The summed E-state index contributed by atoms with van der Waals surface area (Å²) < 4.78 is 39.4. The summed E-state index contributed by atoms with van der Waals surface area (Å²) in [6.45, 7) is 0.0785. The summed E-state index contributed by atoms with van der Waals surface area (Å²) in [5, 5.41) is 0. The zero-order valence-corrected chi connectivity index (χ0v) is 8.89. The van der Waals surface area contributed by atoms with Gasteiger partial charge in [0, 0.05) is 6.54 Å². The minimum atomic E-state index is -4.80. The van der Waals surface area contributed by atoms with Gasteiger partial charge in [-0.1, -0.05) is 0 Å². The molecule has 4 nitrogen and oxygen atoms in total. The van der Waals surface area contributed by atoms with E-state index in [1.807, 2.05) is 0 Å². The first kappa shape index (κ1) is 12.1. The molecule has 0 amide bonds. The third kappa shape index (κ3) is 3.24. The Morgan fingerprint density at radius 2 is 2.07 bits per heavy atom. The minimum absolute atomic E-state index is 0.0785. The van der Waals surface area contributed by atoms with Crippen molar-refractivity contribution in [3.8, 4) is 5.75 Å². The van der Waals surface area contributed by atoms with E-state index in [9.17, 15) is 13.2 Å². The van der Waals surface area contributed by atoms with E-state index in [-0.39, 0.29) is 16.8 Å². The zero-order valence-electron chi connectivity index (χ0n) is 7.31. The van der Waals surface area contributed by atoms with Gasteiger partial charge in [0.15, 0.2) is 10.4 Å². The van der Waals surface area contributed by atoms with Crippen molar-refractivity contribution in [1.29, 1.82) is 0 Å². The largest absolute Gasteiger partial charge is 0.573 e. The van der Waals surface area contributed by atoms with Crippen molar-refractivity contribution in [1.82, 2.24) is 4.98 Å². The number of nitrogens with zero attached hydrogens (tertiary/aromatic N) is 1. The maximum absolute atomic E-state index is 11.9. The molecule has 0 aliphatic rings. The maximum Gasteiger partial charge on any atom is 0.573 e. The van der Waals surface area contributed by atoms with E-state index >= 15 is 0 Å². The number of alkyl halides is 3. The first-order valence-electron chi connectivity index (χ1n) is 3.74. The van der Waals surface area contributed by atoms with Crippen LogP contribution in [0.15, 0.2) is 10.7 Å². The third-order valence-corrected chi connectivity index (χ3v) is 1.98. The molecule has 0 aliphatic carbocycles. The second-order valence-corrected chi connectivity index (χ2v) is 3.33. The second-order valence-electron chi connectivity index (χ2n) is 2.57. The summed E-state index contributed by atoms with van der Waals surface area (Å²) in [6, 6.07) is 1.23. The van der Waals surface area contributed by atoms with Crippen molar-refractivity contribution in [2.45, 2.75) is 12.9 Å². The molecule has 0 radical (unpaired) electrons. The molecule has 1 aromatic heterocycles. The van der Waals surface area contributed by atoms with Crippen molar-refractivity contribution >= 4 is 21.6 Å². The molecule has 84 valence electrons. The van der Waals surface area contributed by atoms with Crippen LogP contribution in [-0.2, 0) is 6.54 Å². The molecule has 0 fully saturated rings. The van der Waals surface area contributed by atoms with Crippen molar-refractivity contribution in [3.05, 3.63) is 16.4 Å². The standard InChI is InChI=1S/C7H7BrF3N3O/c8-6-5(15-7(9,10)11)4(13)1-3(2-12)14-6/h1H,2,12H2,(H2,13,14). The lowest BCUT2D eigenvalue weighted by Gasteiger charge is -2.12. The van der Waals surface area contributed by atoms with Crippen LogP contribution in [0.25, 0.3) is 0 Å². The molecule has 0 atom stereocenters. The molecule has 8 heteroatoms. The van der Waals surface area contributed by atoms with Gasteiger partial charge in [-0.05, 0) is 22.0 Å². The van der Waals surface area contributed by atoms with Crippen molar-refractivity contribution in [3.63, 3.8) is 0 Å². The number of halogens is 4. The van der Waals surface area contributed by atoms with Crippen molar-refractivity contribution < 1.29 is 17.9 Å². The summed E-state index contributed by atoms with van der Waals surface area (Å²) in [5.41, 5.74) is 10.8. The predicted molar refractivity (Wildman–Crippen MR) is 50.9 cm³/mol. The summed E-state index contributed by atoms with van der Waals surface area (Å²) in [5.74, 6) is -0.556. The number of pyridine rings is 1. The third-order valence-electron chi connectivity index (χ3n) is 1.44. The van der Waals surface area contributed by atoms with Gasteiger partial charge in [-0.3, -0.25) is 0 Å². The quantitative estimate of drug-likeness (QED) is 0.813. The molecule has 0 bridgehead atoms. The van der Waals surface area contributed by atoms with Crippen LogP contribution in [0.5, 0.6) is 5.75 Å². The van der Waals surface area contributed by atoms with Gasteiger partial charge >= 0.3 is 6.36 Å². The zero-order chi connectivity index (χ0) is 11.6. The van der Waals surface area contributed by atoms with Crippen molar-refractivity contribution in [2.24, 2.45) is 5.73 Å². The van der Waals surface area contributed by atoms with Gasteiger partial charge in [-0.25, -0.2) is 4.98 Å². The van der Waals surface area contributed by atoms with Crippen LogP contribution in [0.4, 0.5) is 18.9 Å². The number of aromatic nitrogens is 1. The smallest absolute Gasteiger partial charge is 0.401 e. The number of anilines is 1. The number of hydrogen-bond acceptors (Lipinski definition) is 4. The molecule has 1 heterocycles. The molecule has 1 rings (SSSR count). The van der Waals surface area contributed by atoms with E-state index in [0.717, 1.165) is 0 Å². The van der Waals surface area contributed by atoms with Gasteiger partial charge in [0.1, 0.15) is 0 Å². The Labute approximate surface area is 91.5 Å². The Bertz CT molecular complexity index is 346. The predicted octanol–water partition coefficient (Wildman–Crippen LogP) is 1.78. The normalized spacial score (nSPS) is 11.5. The van der Waals surface area contributed by atoms with Crippen LogP contribution in [0, 0.1) is 0 Å². The van der Waals surface area contributed by atoms with E-state index in [1.165, 1.54) is 6.07 Å². The lowest BCUT2D eigenvalue weighted by Crippen LogP contribution is -2.19. The highest BCUT2D eigenvalue weighted by atomic mass is 79.9. The molecule has 4 N–H and O–H groups in total. The fourth-order valence-electron chi connectivity index (χ4n) is 0.895. The SMILES string of the molecule is NCc1cc(N)c(OC(F)(F)F)c(Br)n1. The Morgan fingerprint density at radius 1 is 1.47 bits per heavy atom. The van der Waals surface area contributed by atoms with E-state index in [1.54, 1.807) is 0 Å². The van der Waals surface area contributed by atoms with Crippen LogP contribution in [0.3, 0.4) is 0 Å². The minimum Gasteiger partial charge on any atom is -0.401 e. The number of rotatable bonds is 2. The monoisotopic (exact) mass is 285 g/mol. The van der Waals surface area contributed by atoms with E-state index < -0.39 is 12.1 Å². The van der Waals surface area contributed by atoms with E-state index in [0.29, 0.717) is 5.69 Å². The first-order chi connectivity index (χ1) is 6.83. The lowest BCUT2D eigenvalue weighted by atomic mass is 10.3. The Hall–Kier alpha value is -1.02. The summed E-state index contributed by atoms with van der Waals surface area (Å²) in [6.07, 6.45) is -4.80. The Kier molecular flexibility index (Phi) is 3.40. The molecule has 15 heavy (non-hydrogen) atoms. The highest BCUT2D eigenvalue weighted by Gasteiger charge is 2.33. The van der Waals surface area contributed by atoms with Crippen LogP contribution >= 0.6 is 15.9 Å². The average molecular weight is 286 g/mol. The molecule has 1 aromatic rings. The molecule has 0 saturated heterocycles. The van der Waals surface area contributed by atoms with Gasteiger partial charge in [-0.2, -0.15) is 0 Å². The van der Waals surface area contributed by atoms with Crippen LogP contribution < -0.4 is 16.2 Å². The number of ether oxygens (including phenoxy) is 1. The summed E-state index contributed by atoms with van der Waals surface area (Å²) in [7, 11) is 0. The van der Waals surface area contributed by atoms with Crippen molar-refractivity contribution in [2.75, 3.05) is 5.73 Å². The van der Waals surface area contributed by atoms with Crippen LogP contribution in [0.1, 0.15) is 5.69 Å². The maximum atomic E-state index is 11.9. The van der Waals surface area contributed by atoms with Crippen LogP contribution in [-0.4, -0.2) is 11.3 Å². The van der Waals surface area contributed by atoms with Gasteiger partial charge in [-0.15, -0.1) is 13.2 Å². The number of hydrogen-bond donors (Lipinski definition) is 2. The highest BCUT2D eigenvalue weighted by molar-refractivity contribution is 9.10. The molecule has 0 saturated carbocycles. The second kappa shape index (κ2) is 4.23. The number of nitrogen functional groups attached to an aromatic ring is 1. The molecular weight excluding hydrogens is 279 g/mol.